The predicted molar refractivity (Wildman–Crippen MR) is 60.1 cm³/mol. The van der Waals surface area contributed by atoms with Crippen LogP contribution in [0.1, 0.15) is 16.7 Å². The van der Waals surface area contributed by atoms with Crippen LogP contribution in [-0.2, 0) is 9.59 Å². The molecule has 3 nitrogen and oxygen atoms in total. The number of carbonyl (C=O) groups excluding carboxylic acids is 2. The van der Waals surface area contributed by atoms with E-state index in [0.29, 0.717) is 5.04 Å². The van der Waals surface area contributed by atoms with Crippen LogP contribution >= 0.6 is 11.8 Å². The number of thioether (sulfide) groups is 1. The first kappa shape index (κ1) is 10.1. The smallest absolute Gasteiger partial charge is 0.275 e. The number of benzene rings is 1. The van der Waals surface area contributed by atoms with Crippen molar-refractivity contribution in [2.45, 2.75) is 13.8 Å². The fourth-order valence-electron chi connectivity index (χ4n) is 1.51. The predicted octanol–water partition coefficient (Wildman–Crippen LogP) is 1.85. The number of carbonyl (C=O) groups is 2. The average Bonchev–Trinajstić information content (AvgIpc) is 2.45. The minimum Gasteiger partial charge on any atom is -0.275 e. The van der Waals surface area contributed by atoms with E-state index >= 15 is 0 Å². The Morgan fingerprint density at radius 2 is 1.67 bits per heavy atom. The molecule has 1 aromatic rings. The van der Waals surface area contributed by atoms with Crippen LogP contribution in [0, 0.1) is 13.8 Å². The van der Waals surface area contributed by atoms with Crippen molar-refractivity contribution >= 4 is 27.8 Å². The third-order valence-electron chi connectivity index (χ3n) is 2.04. The van der Waals surface area contributed by atoms with Crippen molar-refractivity contribution in [1.82, 2.24) is 0 Å². The maximum Gasteiger partial charge on any atom is 0.325 e. The molecule has 0 unspecified atom stereocenters. The Labute approximate surface area is 91.6 Å². The molecule has 2 rings (SSSR count). The number of rotatable bonds is 1. The zero-order valence-electron chi connectivity index (χ0n) is 8.40. The third kappa shape index (κ3) is 1.99. The van der Waals surface area contributed by atoms with Crippen molar-refractivity contribution in [2.24, 2.45) is 4.99 Å². The summed E-state index contributed by atoms with van der Waals surface area (Å²) >= 11 is 0.906. The maximum absolute atomic E-state index is 11.0. The third-order valence-corrected chi connectivity index (χ3v) is 2.92. The van der Waals surface area contributed by atoms with E-state index in [4.69, 9.17) is 0 Å². The molecule has 0 aromatic heterocycles. The van der Waals surface area contributed by atoms with Crippen LogP contribution in [0.2, 0.25) is 0 Å². The molecule has 76 valence electrons. The van der Waals surface area contributed by atoms with Crippen molar-refractivity contribution in [3.05, 3.63) is 34.9 Å². The Bertz CT molecular complexity index is 471. The molecular weight excluding hydrogens is 210 g/mol. The van der Waals surface area contributed by atoms with E-state index < -0.39 is 11.0 Å². The quantitative estimate of drug-likeness (QED) is 0.677. The summed E-state index contributed by atoms with van der Waals surface area (Å²) in [6.45, 7) is 3.95. The van der Waals surface area contributed by atoms with E-state index in [2.05, 4.69) is 4.99 Å². The van der Waals surface area contributed by atoms with Crippen LogP contribution < -0.4 is 0 Å². The van der Waals surface area contributed by atoms with Gasteiger partial charge in [-0.05, 0) is 37.7 Å². The number of hydrogen-bond donors (Lipinski definition) is 0. The highest BCUT2D eigenvalue weighted by atomic mass is 32.2. The summed E-state index contributed by atoms with van der Waals surface area (Å²) in [5.41, 5.74) is 3.04. The van der Waals surface area contributed by atoms with Crippen molar-refractivity contribution in [1.29, 1.82) is 0 Å². The van der Waals surface area contributed by atoms with Gasteiger partial charge in [0.15, 0.2) is 0 Å². The Morgan fingerprint density at radius 1 is 1.07 bits per heavy atom. The van der Waals surface area contributed by atoms with Gasteiger partial charge in [0, 0.05) is 5.56 Å². The molecule has 15 heavy (non-hydrogen) atoms. The second-order valence-corrected chi connectivity index (χ2v) is 4.45. The lowest BCUT2D eigenvalue weighted by atomic mass is 10.1. The molecule has 1 amide bonds. The first-order chi connectivity index (χ1) is 7.06. The zero-order chi connectivity index (χ0) is 11.0. The molecule has 1 heterocycles. The van der Waals surface area contributed by atoms with E-state index in [0.717, 1.165) is 28.5 Å². The fourth-order valence-corrected chi connectivity index (χ4v) is 2.19. The Hall–Kier alpha value is -1.42. The molecule has 1 aromatic carbocycles. The molecule has 1 aliphatic rings. The van der Waals surface area contributed by atoms with Crippen molar-refractivity contribution in [3.63, 3.8) is 0 Å². The SMILES string of the molecule is Cc1cc(C)cc(C2=NC(=O)C(=O)S2)c1. The van der Waals surface area contributed by atoms with Gasteiger partial charge in [-0.25, -0.2) is 0 Å². The number of aryl methyl sites for hydroxylation is 2. The number of nitrogens with zero attached hydrogens (tertiary/aromatic N) is 1. The monoisotopic (exact) mass is 219 g/mol. The largest absolute Gasteiger partial charge is 0.325 e. The molecule has 0 fully saturated rings. The van der Waals surface area contributed by atoms with E-state index in [1.54, 1.807) is 0 Å². The first-order valence-electron chi connectivity index (χ1n) is 4.50. The van der Waals surface area contributed by atoms with Crippen LogP contribution in [0.25, 0.3) is 0 Å². The summed E-state index contributed by atoms with van der Waals surface area (Å²) in [6, 6.07) is 5.88. The Balaban J connectivity index is 2.43. The van der Waals surface area contributed by atoms with Crippen LogP contribution in [-0.4, -0.2) is 16.1 Å². The molecule has 4 heteroatoms. The fraction of sp³-hybridized carbons (Fsp3) is 0.182. The van der Waals surface area contributed by atoms with Gasteiger partial charge in [-0.15, -0.1) is 0 Å². The van der Waals surface area contributed by atoms with Gasteiger partial charge >= 0.3 is 5.91 Å². The summed E-state index contributed by atoms with van der Waals surface area (Å²) in [5.74, 6) is -0.658. The minimum atomic E-state index is -0.658. The van der Waals surface area contributed by atoms with Crippen LogP contribution in [0.15, 0.2) is 23.2 Å². The second-order valence-electron chi connectivity index (χ2n) is 3.49. The van der Waals surface area contributed by atoms with Gasteiger partial charge in [0.1, 0.15) is 5.04 Å². The molecule has 0 bridgehead atoms. The van der Waals surface area contributed by atoms with Gasteiger partial charge in [0.2, 0.25) is 0 Å². The highest BCUT2D eigenvalue weighted by molar-refractivity contribution is 8.28. The van der Waals surface area contributed by atoms with Gasteiger partial charge in [-0.2, -0.15) is 4.99 Å². The van der Waals surface area contributed by atoms with Gasteiger partial charge in [0.25, 0.3) is 5.12 Å². The summed E-state index contributed by atoms with van der Waals surface area (Å²) < 4.78 is 0. The van der Waals surface area contributed by atoms with E-state index in [1.807, 2.05) is 32.0 Å². The maximum atomic E-state index is 11.0. The number of amides is 1. The van der Waals surface area contributed by atoms with Gasteiger partial charge in [-0.1, -0.05) is 17.2 Å². The molecule has 0 atom stereocenters. The molecule has 0 spiro atoms. The van der Waals surface area contributed by atoms with E-state index in [-0.39, 0.29) is 0 Å². The molecule has 0 saturated carbocycles. The lowest BCUT2D eigenvalue weighted by Crippen LogP contribution is -1.98. The van der Waals surface area contributed by atoms with E-state index in [9.17, 15) is 9.59 Å². The summed E-state index contributed by atoms with van der Waals surface area (Å²) in [7, 11) is 0. The summed E-state index contributed by atoms with van der Waals surface area (Å²) in [5, 5.41) is 0.0148. The molecule has 0 radical (unpaired) electrons. The highest BCUT2D eigenvalue weighted by Crippen LogP contribution is 2.22. The van der Waals surface area contributed by atoms with Gasteiger partial charge < -0.3 is 0 Å². The summed E-state index contributed by atoms with van der Waals surface area (Å²) in [4.78, 5) is 25.7. The second kappa shape index (κ2) is 3.62. The molecular formula is C11H9NO2S. The lowest BCUT2D eigenvalue weighted by Gasteiger charge is -2.02. The van der Waals surface area contributed by atoms with Crippen molar-refractivity contribution in [3.8, 4) is 0 Å². The summed E-state index contributed by atoms with van der Waals surface area (Å²) in [6.07, 6.45) is 0. The zero-order valence-corrected chi connectivity index (χ0v) is 9.22. The highest BCUT2D eigenvalue weighted by Gasteiger charge is 2.26. The topological polar surface area (TPSA) is 46.5 Å². The van der Waals surface area contributed by atoms with Crippen molar-refractivity contribution in [2.75, 3.05) is 0 Å². The number of aliphatic imine (C=N–C) groups is 1. The average molecular weight is 219 g/mol. The van der Waals surface area contributed by atoms with Gasteiger partial charge in [0.05, 0.1) is 0 Å². The Kier molecular flexibility index (Phi) is 2.44. The molecule has 1 aliphatic heterocycles. The lowest BCUT2D eigenvalue weighted by molar-refractivity contribution is -0.130. The molecule has 0 aliphatic carbocycles. The van der Waals surface area contributed by atoms with Crippen molar-refractivity contribution < 1.29 is 9.59 Å². The van der Waals surface area contributed by atoms with Crippen LogP contribution in [0.4, 0.5) is 0 Å². The normalized spacial score (nSPS) is 15.7. The van der Waals surface area contributed by atoms with Gasteiger partial charge in [-0.3, -0.25) is 9.59 Å². The first-order valence-corrected chi connectivity index (χ1v) is 5.31. The standard InChI is InChI=1S/C11H9NO2S/c1-6-3-7(2)5-8(4-6)10-12-9(13)11(14)15-10/h3-5H,1-2H3. The van der Waals surface area contributed by atoms with E-state index in [1.165, 1.54) is 0 Å². The molecule has 0 N–H and O–H groups in total. The number of hydrogen-bond acceptors (Lipinski definition) is 3. The minimum absolute atomic E-state index is 0.496. The van der Waals surface area contributed by atoms with Crippen LogP contribution in [0.5, 0.6) is 0 Å². The molecule has 0 saturated heterocycles. The van der Waals surface area contributed by atoms with Crippen LogP contribution in [0.3, 0.4) is 0 Å². The Morgan fingerprint density at radius 3 is 2.13 bits per heavy atom.